The Hall–Kier alpha value is -0.900. The van der Waals surface area contributed by atoms with Gasteiger partial charge in [0.2, 0.25) is 0 Å². The fraction of sp³-hybridized carbons (Fsp3) is 0.400. The molecule has 0 atom stereocenters. The molecule has 0 N–H and O–H groups in total. The molecule has 1 aromatic carbocycles. The summed E-state index contributed by atoms with van der Waals surface area (Å²) in [7, 11) is 1.52. The topological polar surface area (TPSA) is 3.24 Å². The summed E-state index contributed by atoms with van der Waals surface area (Å²) in [5, 5.41) is 0. The molecule has 1 aromatic rings. The van der Waals surface area contributed by atoms with Gasteiger partial charge < -0.3 is 4.90 Å². The van der Waals surface area contributed by atoms with Gasteiger partial charge in [-0.3, -0.25) is 0 Å². The first kappa shape index (κ1) is 12.2. The van der Waals surface area contributed by atoms with Crippen LogP contribution >= 0.6 is 11.6 Å². The molecule has 0 saturated heterocycles. The molecular weight excluding hydrogens is 227 g/mol. The SMILES string of the molecule is CN(CC(F)F)c1ccc(F)cc1CCl. The molecule has 0 aromatic heterocycles. The first-order chi connectivity index (χ1) is 7.04. The summed E-state index contributed by atoms with van der Waals surface area (Å²) >= 11 is 5.60. The van der Waals surface area contributed by atoms with Gasteiger partial charge in [-0.15, -0.1) is 11.6 Å². The van der Waals surface area contributed by atoms with Crippen molar-refractivity contribution in [1.29, 1.82) is 0 Å². The Morgan fingerprint density at radius 3 is 2.60 bits per heavy atom. The molecule has 0 radical (unpaired) electrons. The molecule has 5 heteroatoms. The Morgan fingerprint density at radius 2 is 2.07 bits per heavy atom. The molecule has 0 unspecified atom stereocenters. The van der Waals surface area contributed by atoms with Crippen LogP contribution in [0.5, 0.6) is 0 Å². The Morgan fingerprint density at radius 1 is 1.40 bits per heavy atom. The van der Waals surface area contributed by atoms with E-state index in [1.54, 1.807) is 0 Å². The van der Waals surface area contributed by atoms with Gasteiger partial charge in [0.15, 0.2) is 0 Å². The van der Waals surface area contributed by atoms with Gasteiger partial charge in [0.1, 0.15) is 5.82 Å². The molecule has 0 aliphatic carbocycles. The maximum absolute atomic E-state index is 12.8. The van der Waals surface area contributed by atoms with Crippen LogP contribution in [0.4, 0.5) is 18.9 Å². The van der Waals surface area contributed by atoms with Gasteiger partial charge in [0.05, 0.1) is 6.54 Å². The van der Waals surface area contributed by atoms with Crippen LogP contribution in [0.25, 0.3) is 0 Å². The summed E-state index contributed by atoms with van der Waals surface area (Å²) in [5.74, 6) is -0.319. The molecule has 0 spiro atoms. The van der Waals surface area contributed by atoms with E-state index in [-0.39, 0.29) is 5.88 Å². The number of benzene rings is 1. The molecule has 0 heterocycles. The maximum Gasteiger partial charge on any atom is 0.255 e. The van der Waals surface area contributed by atoms with Crippen molar-refractivity contribution in [3.63, 3.8) is 0 Å². The molecule has 15 heavy (non-hydrogen) atoms. The lowest BCUT2D eigenvalue weighted by Crippen LogP contribution is -2.24. The monoisotopic (exact) mass is 237 g/mol. The summed E-state index contributed by atoms with van der Waals surface area (Å²) in [6.07, 6.45) is -2.43. The number of halogens is 4. The Bertz CT molecular complexity index is 330. The molecular formula is C10H11ClF3N. The van der Waals surface area contributed by atoms with Crippen molar-refractivity contribution < 1.29 is 13.2 Å². The quantitative estimate of drug-likeness (QED) is 0.727. The largest absolute Gasteiger partial charge is 0.369 e. The van der Waals surface area contributed by atoms with Gasteiger partial charge in [-0.1, -0.05) is 0 Å². The standard InChI is InChI=1S/C10H11ClF3N/c1-15(6-10(13)14)9-3-2-8(12)4-7(9)5-11/h2-4,10H,5-6H2,1H3. The smallest absolute Gasteiger partial charge is 0.255 e. The number of alkyl halides is 3. The predicted molar refractivity (Wildman–Crippen MR) is 55.2 cm³/mol. The third-order valence-electron chi connectivity index (χ3n) is 2.01. The summed E-state index contributed by atoms with van der Waals surface area (Å²) in [5.41, 5.74) is 1.05. The zero-order chi connectivity index (χ0) is 11.4. The van der Waals surface area contributed by atoms with E-state index in [1.807, 2.05) is 0 Å². The average Bonchev–Trinajstić information content (AvgIpc) is 2.16. The first-order valence-electron chi connectivity index (χ1n) is 4.38. The van der Waals surface area contributed by atoms with Gasteiger partial charge in [-0.2, -0.15) is 0 Å². The van der Waals surface area contributed by atoms with Crippen LogP contribution in [0.2, 0.25) is 0 Å². The van der Waals surface area contributed by atoms with E-state index in [2.05, 4.69) is 0 Å². The van der Waals surface area contributed by atoms with E-state index in [0.29, 0.717) is 11.3 Å². The van der Waals surface area contributed by atoms with Crippen molar-refractivity contribution in [1.82, 2.24) is 0 Å². The van der Waals surface area contributed by atoms with Crippen LogP contribution in [-0.2, 0) is 5.88 Å². The van der Waals surface area contributed by atoms with Crippen LogP contribution in [0.3, 0.4) is 0 Å². The van der Waals surface area contributed by atoms with E-state index < -0.39 is 18.8 Å². The fourth-order valence-electron chi connectivity index (χ4n) is 1.34. The van der Waals surface area contributed by atoms with Crippen molar-refractivity contribution in [3.05, 3.63) is 29.6 Å². The van der Waals surface area contributed by atoms with Gasteiger partial charge in [0.25, 0.3) is 6.43 Å². The van der Waals surface area contributed by atoms with Crippen LogP contribution in [0, 0.1) is 5.82 Å². The van der Waals surface area contributed by atoms with Crippen molar-refractivity contribution in [2.75, 3.05) is 18.5 Å². The molecule has 1 nitrogen and oxygen atoms in total. The van der Waals surface area contributed by atoms with Crippen molar-refractivity contribution in [3.8, 4) is 0 Å². The highest BCUT2D eigenvalue weighted by Crippen LogP contribution is 2.22. The van der Waals surface area contributed by atoms with Crippen LogP contribution in [0.15, 0.2) is 18.2 Å². The number of nitrogens with zero attached hydrogens (tertiary/aromatic N) is 1. The molecule has 0 amide bonds. The van der Waals surface area contributed by atoms with E-state index in [4.69, 9.17) is 11.6 Å². The number of rotatable bonds is 4. The Kier molecular flexibility index (Phi) is 4.27. The zero-order valence-electron chi connectivity index (χ0n) is 8.18. The van der Waals surface area contributed by atoms with Crippen LogP contribution < -0.4 is 4.90 Å². The van der Waals surface area contributed by atoms with E-state index in [9.17, 15) is 13.2 Å². The highest BCUT2D eigenvalue weighted by molar-refractivity contribution is 6.17. The highest BCUT2D eigenvalue weighted by atomic mass is 35.5. The summed E-state index contributed by atoms with van der Waals surface area (Å²) in [6.45, 7) is -0.393. The average molecular weight is 238 g/mol. The zero-order valence-corrected chi connectivity index (χ0v) is 8.94. The summed E-state index contributed by atoms with van der Waals surface area (Å²) in [4.78, 5) is 1.36. The van der Waals surface area contributed by atoms with Crippen molar-refractivity contribution in [2.45, 2.75) is 12.3 Å². The summed E-state index contributed by atoms with van der Waals surface area (Å²) in [6, 6.07) is 3.94. The van der Waals surface area contributed by atoms with E-state index in [0.717, 1.165) is 0 Å². The predicted octanol–water partition coefficient (Wildman–Crippen LogP) is 3.27. The fourth-order valence-corrected chi connectivity index (χ4v) is 1.55. The van der Waals surface area contributed by atoms with E-state index >= 15 is 0 Å². The highest BCUT2D eigenvalue weighted by Gasteiger charge is 2.12. The minimum atomic E-state index is -2.43. The normalized spacial score (nSPS) is 10.8. The lowest BCUT2D eigenvalue weighted by Gasteiger charge is -2.21. The van der Waals surface area contributed by atoms with Gasteiger partial charge in [-0.25, -0.2) is 13.2 Å². The molecule has 0 bridgehead atoms. The second-order valence-electron chi connectivity index (χ2n) is 3.18. The minimum absolute atomic E-state index is 0.0979. The minimum Gasteiger partial charge on any atom is -0.369 e. The molecule has 84 valence electrons. The van der Waals surface area contributed by atoms with Crippen molar-refractivity contribution >= 4 is 17.3 Å². The third kappa shape index (κ3) is 3.30. The second kappa shape index (κ2) is 5.26. The molecule has 0 fully saturated rings. The number of anilines is 1. The lowest BCUT2D eigenvalue weighted by atomic mass is 10.2. The molecule has 0 aliphatic rings. The molecule has 0 saturated carbocycles. The molecule has 1 rings (SSSR count). The first-order valence-corrected chi connectivity index (χ1v) is 4.91. The number of hydrogen-bond donors (Lipinski definition) is 0. The van der Waals surface area contributed by atoms with Gasteiger partial charge in [-0.05, 0) is 23.8 Å². The van der Waals surface area contributed by atoms with E-state index in [1.165, 1.54) is 30.1 Å². The van der Waals surface area contributed by atoms with Gasteiger partial charge >= 0.3 is 0 Å². The lowest BCUT2D eigenvalue weighted by molar-refractivity contribution is 0.156. The number of hydrogen-bond acceptors (Lipinski definition) is 1. The third-order valence-corrected chi connectivity index (χ3v) is 2.30. The second-order valence-corrected chi connectivity index (χ2v) is 3.45. The van der Waals surface area contributed by atoms with Gasteiger partial charge in [0, 0.05) is 18.6 Å². The summed E-state index contributed by atoms with van der Waals surface area (Å²) < 4.78 is 37.1. The Labute approximate surface area is 91.5 Å². The van der Waals surface area contributed by atoms with Crippen LogP contribution in [0.1, 0.15) is 5.56 Å². The van der Waals surface area contributed by atoms with Crippen molar-refractivity contribution in [2.24, 2.45) is 0 Å². The molecule has 0 aliphatic heterocycles. The van der Waals surface area contributed by atoms with Crippen LogP contribution in [-0.4, -0.2) is 20.0 Å². The Balaban J connectivity index is 2.92. The maximum atomic E-state index is 12.8.